The van der Waals surface area contributed by atoms with Gasteiger partial charge in [-0.05, 0) is 31.9 Å². The molecule has 0 radical (unpaired) electrons. The number of hydrogen-bond donors (Lipinski definition) is 1. The molecule has 0 unspecified atom stereocenters. The number of carbonyl (C=O) groups is 1. The van der Waals surface area contributed by atoms with Crippen LogP contribution in [0.1, 0.15) is 37.5 Å². The molecule has 9 nitrogen and oxygen atoms in total. The van der Waals surface area contributed by atoms with Gasteiger partial charge in [-0.25, -0.2) is 0 Å². The van der Waals surface area contributed by atoms with E-state index in [4.69, 9.17) is 0 Å². The lowest BCUT2D eigenvalue weighted by Crippen LogP contribution is -2.54. The largest absolute Gasteiger partial charge is 0.416 e. The van der Waals surface area contributed by atoms with Crippen LogP contribution in [0.15, 0.2) is 36.4 Å². The highest BCUT2D eigenvalue weighted by Gasteiger charge is 2.43. The van der Waals surface area contributed by atoms with E-state index in [0.29, 0.717) is 5.56 Å². The third-order valence-electron chi connectivity index (χ3n) is 5.13. The fraction of sp³-hybridized carbons (Fsp3) is 0.381. The Labute approximate surface area is 186 Å². The Hall–Kier alpha value is -3.70. The smallest absolute Gasteiger partial charge is 0.350 e. The van der Waals surface area contributed by atoms with Crippen LogP contribution in [0.5, 0.6) is 0 Å². The molecule has 2 aromatic carbocycles. The fourth-order valence-electron chi connectivity index (χ4n) is 3.79. The first-order valence-corrected chi connectivity index (χ1v) is 9.88. The molecule has 1 heterocycles. The molecule has 1 atom stereocenters. The lowest BCUT2D eigenvalue weighted by Gasteiger charge is -2.38. The molecule has 1 amide bonds. The van der Waals surface area contributed by atoms with Gasteiger partial charge in [0.1, 0.15) is 6.04 Å². The van der Waals surface area contributed by atoms with Gasteiger partial charge in [0.25, 0.3) is 11.4 Å². The van der Waals surface area contributed by atoms with Crippen LogP contribution in [0.25, 0.3) is 0 Å². The van der Waals surface area contributed by atoms with Crippen LogP contribution < -0.4 is 10.2 Å². The number of nitrogens with one attached hydrogen (secondary N) is 1. The number of carbonyl (C=O) groups excluding carboxylic acids is 1. The number of hydrogen-bond acceptors (Lipinski definition) is 6. The molecule has 0 aliphatic carbocycles. The quantitative estimate of drug-likeness (QED) is 0.528. The molecular formula is C21H21F3N4O5. The number of nitro benzene ring substituents is 2. The zero-order chi connectivity index (χ0) is 24.7. The summed E-state index contributed by atoms with van der Waals surface area (Å²) in [6, 6.07) is 6.32. The van der Waals surface area contributed by atoms with E-state index in [2.05, 4.69) is 5.32 Å². The molecule has 0 fully saturated rings. The minimum Gasteiger partial charge on any atom is -0.350 e. The third-order valence-corrected chi connectivity index (χ3v) is 5.13. The van der Waals surface area contributed by atoms with Crippen LogP contribution in [0.4, 0.5) is 30.2 Å². The van der Waals surface area contributed by atoms with E-state index in [1.165, 1.54) is 0 Å². The Balaban J connectivity index is 2.27. The average Bonchev–Trinajstić information content (AvgIpc) is 2.69. The van der Waals surface area contributed by atoms with E-state index in [0.717, 1.165) is 10.5 Å². The Bertz CT molecular complexity index is 1090. The van der Waals surface area contributed by atoms with Crippen molar-refractivity contribution in [2.45, 2.75) is 51.5 Å². The molecule has 3 rings (SSSR count). The molecule has 12 heteroatoms. The second kappa shape index (κ2) is 8.34. The van der Waals surface area contributed by atoms with Gasteiger partial charge in [-0.1, -0.05) is 24.3 Å². The van der Waals surface area contributed by atoms with E-state index in [9.17, 15) is 38.2 Å². The number of benzene rings is 2. The topological polar surface area (TPSA) is 119 Å². The van der Waals surface area contributed by atoms with Gasteiger partial charge < -0.3 is 10.2 Å². The third kappa shape index (κ3) is 5.04. The van der Waals surface area contributed by atoms with Crippen molar-refractivity contribution in [2.75, 3.05) is 4.90 Å². The molecule has 2 aromatic rings. The maximum absolute atomic E-state index is 13.3. The summed E-state index contributed by atoms with van der Waals surface area (Å²) in [6.45, 7) is 5.02. The van der Waals surface area contributed by atoms with E-state index in [1.54, 1.807) is 45.0 Å². The minimum atomic E-state index is -5.04. The SMILES string of the molecule is CC(C)(C)NC(=O)[C@H]1Cc2ccccc2CN1c1c([N+](=O)[O-])cc(C(F)(F)F)cc1[N+](=O)[O-]. The van der Waals surface area contributed by atoms with E-state index < -0.39 is 56.1 Å². The molecule has 0 saturated heterocycles. The lowest BCUT2D eigenvalue weighted by molar-refractivity contribution is -0.393. The molecular weight excluding hydrogens is 445 g/mol. The molecule has 0 bridgehead atoms. The zero-order valence-corrected chi connectivity index (χ0v) is 18.0. The molecule has 1 aliphatic heterocycles. The lowest BCUT2D eigenvalue weighted by atomic mass is 9.91. The van der Waals surface area contributed by atoms with Crippen molar-refractivity contribution >= 4 is 23.0 Å². The van der Waals surface area contributed by atoms with Crippen molar-refractivity contribution in [1.29, 1.82) is 0 Å². The van der Waals surface area contributed by atoms with Crippen molar-refractivity contribution in [3.63, 3.8) is 0 Å². The van der Waals surface area contributed by atoms with Crippen molar-refractivity contribution < 1.29 is 27.8 Å². The second-order valence-corrected chi connectivity index (χ2v) is 8.73. The van der Waals surface area contributed by atoms with Crippen LogP contribution in [-0.4, -0.2) is 27.3 Å². The van der Waals surface area contributed by atoms with Crippen molar-refractivity contribution in [3.05, 3.63) is 73.3 Å². The normalized spacial score (nSPS) is 16.2. The zero-order valence-electron chi connectivity index (χ0n) is 18.0. The molecule has 1 N–H and O–H groups in total. The second-order valence-electron chi connectivity index (χ2n) is 8.73. The first kappa shape index (κ1) is 24.0. The van der Waals surface area contributed by atoms with Crippen molar-refractivity contribution in [1.82, 2.24) is 5.32 Å². The molecule has 0 spiro atoms. The van der Waals surface area contributed by atoms with Gasteiger partial charge in [0.2, 0.25) is 5.91 Å². The summed E-state index contributed by atoms with van der Waals surface area (Å²) in [7, 11) is 0. The van der Waals surface area contributed by atoms with E-state index >= 15 is 0 Å². The Morgan fingerprint density at radius 2 is 1.55 bits per heavy atom. The van der Waals surface area contributed by atoms with Gasteiger partial charge in [-0.15, -0.1) is 0 Å². The summed E-state index contributed by atoms with van der Waals surface area (Å²) >= 11 is 0. The van der Waals surface area contributed by atoms with Crippen molar-refractivity contribution in [3.8, 4) is 0 Å². The Kier molecular flexibility index (Phi) is 6.05. The first-order valence-electron chi connectivity index (χ1n) is 9.88. The average molecular weight is 466 g/mol. The summed E-state index contributed by atoms with van der Waals surface area (Å²) in [5.41, 5.74) is -3.60. The summed E-state index contributed by atoms with van der Waals surface area (Å²) in [6.07, 6.45) is -4.97. The monoisotopic (exact) mass is 466 g/mol. The highest BCUT2D eigenvalue weighted by atomic mass is 19.4. The highest BCUT2D eigenvalue weighted by Crippen LogP contribution is 2.45. The fourth-order valence-corrected chi connectivity index (χ4v) is 3.79. The first-order chi connectivity index (χ1) is 15.2. The summed E-state index contributed by atoms with van der Waals surface area (Å²) in [4.78, 5) is 35.6. The minimum absolute atomic E-state index is 0.0629. The summed E-state index contributed by atoms with van der Waals surface area (Å²) < 4.78 is 39.9. The van der Waals surface area contributed by atoms with Gasteiger partial charge in [0, 0.05) is 30.6 Å². The maximum Gasteiger partial charge on any atom is 0.416 e. The van der Waals surface area contributed by atoms with E-state index in [1.807, 2.05) is 0 Å². The number of alkyl halides is 3. The number of anilines is 1. The number of nitro groups is 2. The van der Waals surface area contributed by atoms with Crippen LogP contribution in [0.2, 0.25) is 0 Å². The van der Waals surface area contributed by atoms with Crippen molar-refractivity contribution in [2.24, 2.45) is 0 Å². The van der Waals surface area contributed by atoms with Crippen LogP contribution in [0, 0.1) is 20.2 Å². The highest BCUT2D eigenvalue weighted by molar-refractivity contribution is 5.90. The van der Waals surface area contributed by atoms with Gasteiger partial charge in [0.15, 0.2) is 5.69 Å². The number of fused-ring (bicyclic) bond motifs is 1. The number of halogens is 3. The predicted molar refractivity (Wildman–Crippen MR) is 113 cm³/mol. The number of nitrogens with zero attached hydrogens (tertiary/aromatic N) is 3. The van der Waals surface area contributed by atoms with Gasteiger partial charge in [-0.3, -0.25) is 25.0 Å². The summed E-state index contributed by atoms with van der Waals surface area (Å²) in [5, 5.41) is 26.3. The molecule has 176 valence electrons. The van der Waals surface area contributed by atoms with Crippen LogP contribution in [-0.2, 0) is 23.9 Å². The number of amides is 1. The summed E-state index contributed by atoms with van der Waals surface area (Å²) in [5.74, 6) is -0.555. The standard InChI is InChI=1S/C21H21F3N4O5/c1-20(2,3)25-19(29)17-8-12-6-4-5-7-13(12)11-26(17)18-15(27(30)31)9-14(21(22,23)24)10-16(18)28(32)33/h4-7,9-10,17H,8,11H2,1-3H3,(H,25,29)/t17-/m1/s1. The Morgan fingerprint density at radius 1 is 1.03 bits per heavy atom. The van der Waals surface area contributed by atoms with E-state index in [-0.39, 0.29) is 25.1 Å². The van der Waals surface area contributed by atoms with Gasteiger partial charge >= 0.3 is 6.18 Å². The van der Waals surface area contributed by atoms with Crippen LogP contribution in [0.3, 0.4) is 0 Å². The molecule has 1 aliphatic rings. The van der Waals surface area contributed by atoms with Crippen LogP contribution >= 0.6 is 0 Å². The maximum atomic E-state index is 13.3. The van der Waals surface area contributed by atoms with Gasteiger partial charge in [-0.2, -0.15) is 13.2 Å². The number of rotatable bonds is 4. The predicted octanol–water partition coefficient (Wildman–Crippen LogP) is 4.37. The van der Waals surface area contributed by atoms with Gasteiger partial charge in [0.05, 0.1) is 15.4 Å². The molecule has 0 saturated carbocycles. The molecule has 0 aromatic heterocycles. The molecule has 33 heavy (non-hydrogen) atoms. The Morgan fingerprint density at radius 3 is 2.00 bits per heavy atom.